The van der Waals surface area contributed by atoms with Gasteiger partial charge in [-0.25, -0.2) is 24.3 Å². The second-order valence-corrected chi connectivity index (χ2v) is 8.94. The summed E-state index contributed by atoms with van der Waals surface area (Å²) >= 11 is 0. The molecule has 8 heteroatoms. The Morgan fingerprint density at radius 3 is 2.46 bits per heavy atom. The molecule has 0 N–H and O–H groups in total. The molecule has 0 bridgehead atoms. The summed E-state index contributed by atoms with van der Waals surface area (Å²) in [5.41, 5.74) is 6.92. The Balaban J connectivity index is 1.29. The standard InChI is InChI=1S/C29H26N6O2/c1-4-34-25-19(2)15-17-31-28(25)35(29(34)36)21-11-13-22(14-12-21)37-18-20-8-5-6-9-23(20)26-32-24-10-7-16-30-27(24)33(26)3/h5-17H,4,18H2,1-3H3. The molecular formula is C29H26N6O2. The van der Waals surface area contributed by atoms with Crippen LogP contribution in [0.15, 0.2) is 83.9 Å². The van der Waals surface area contributed by atoms with Gasteiger partial charge < -0.3 is 9.30 Å². The van der Waals surface area contributed by atoms with Crippen LogP contribution >= 0.6 is 0 Å². The Bertz CT molecular complexity index is 1810. The van der Waals surface area contributed by atoms with Crippen molar-refractivity contribution in [2.75, 3.05) is 0 Å². The van der Waals surface area contributed by atoms with E-state index in [2.05, 4.69) is 9.97 Å². The number of imidazole rings is 2. The van der Waals surface area contributed by atoms with Crippen LogP contribution in [0.5, 0.6) is 5.75 Å². The zero-order valence-electron chi connectivity index (χ0n) is 20.9. The van der Waals surface area contributed by atoms with E-state index < -0.39 is 0 Å². The molecule has 0 atom stereocenters. The zero-order valence-corrected chi connectivity index (χ0v) is 20.9. The Hall–Kier alpha value is -4.72. The second kappa shape index (κ2) is 9.05. The van der Waals surface area contributed by atoms with Crippen LogP contribution in [0.1, 0.15) is 18.1 Å². The van der Waals surface area contributed by atoms with Crippen molar-refractivity contribution in [3.05, 3.63) is 101 Å². The molecule has 4 heterocycles. The number of pyridine rings is 2. The number of aryl methyl sites for hydroxylation is 3. The molecule has 6 rings (SSSR count). The van der Waals surface area contributed by atoms with Crippen LogP contribution < -0.4 is 10.4 Å². The summed E-state index contributed by atoms with van der Waals surface area (Å²) in [4.78, 5) is 26.9. The van der Waals surface area contributed by atoms with Gasteiger partial charge in [0.1, 0.15) is 23.7 Å². The maximum Gasteiger partial charge on any atom is 0.334 e. The highest BCUT2D eigenvalue weighted by Gasteiger charge is 2.17. The van der Waals surface area contributed by atoms with Gasteiger partial charge in [-0.05, 0) is 61.9 Å². The smallest absolute Gasteiger partial charge is 0.334 e. The highest BCUT2D eigenvalue weighted by molar-refractivity contribution is 5.78. The molecule has 37 heavy (non-hydrogen) atoms. The predicted molar refractivity (Wildman–Crippen MR) is 144 cm³/mol. The van der Waals surface area contributed by atoms with E-state index in [1.807, 2.05) is 92.2 Å². The Kier molecular flexibility index (Phi) is 5.56. The molecule has 4 aromatic heterocycles. The Morgan fingerprint density at radius 1 is 0.892 bits per heavy atom. The number of fused-ring (bicyclic) bond motifs is 2. The molecule has 0 aliphatic heterocycles. The highest BCUT2D eigenvalue weighted by Crippen LogP contribution is 2.27. The fourth-order valence-electron chi connectivity index (χ4n) is 4.85. The van der Waals surface area contributed by atoms with Gasteiger partial charge in [0, 0.05) is 37.1 Å². The minimum atomic E-state index is -0.0983. The number of benzene rings is 2. The summed E-state index contributed by atoms with van der Waals surface area (Å²) < 4.78 is 11.6. The summed E-state index contributed by atoms with van der Waals surface area (Å²) in [5, 5.41) is 0. The summed E-state index contributed by atoms with van der Waals surface area (Å²) in [6.45, 7) is 4.93. The Labute approximate surface area is 213 Å². The molecule has 184 valence electrons. The first-order valence-corrected chi connectivity index (χ1v) is 12.2. The van der Waals surface area contributed by atoms with Crippen LogP contribution in [0.25, 0.3) is 39.4 Å². The van der Waals surface area contributed by atoms with Gasteiger partial charge in [-0.3, -0.25) is 4.57 Å². The van der Waals surface area contributed by atoms with Crippen LogP contribution in [0, 0.1) is 6.92 Å². The van der Waals surface area contributed by atoms with Crippen molar-refractivity contribution in [2.24, 2.45) is 7.05 Å². The second-order valence-electron chi connectivity index (χ2n) is 8.94. The van der Waals surface area contributed by atoms with E-state index >= 15 is 0 Å². The van der Waals surface area contributed by atoms with Crippen LogP contribution in [0.3, 0.4) is 0 Å². The quantitative estimate of drug-likeness (QED) is 0.327. The van der Waals surface area contributed by atoms with E-state index in [0.29, 0.717) is 24.5 Å². The highest BCUT2D eigenvalue weighted by atomic mass is 16.5. The van der Waals surface area contributed by atoms with E-state index in [0.717, 1.165) is 44.9 Å². The van der Waals surface area contributed by atoms with Gasteiger partial charge in [-0.1, -0.05) is 24.3 Å². The number of hydrogen-bond acceptors (Lipinski definition) is 5. The third kappa shape index (κ3) is 3.78. The van der Waals surface area contributed by atoms with Gasteiger partial charge in [-0.2, -0.15) is 0 Å². The minimum absolute atomic E-state index is 0.0983. The van der Waals surface area contributed by atoms with E-state index in [1.165, 1.54) is 0 Å². The summed E-state index contributed by atoms with van der Waals surface area (Å²) in [7, 11) is 1.97. The van der Waals surface area contributed by atoms with Gasteiger partial charge in [0.25, 0.3) is 0 Å². The molecule has 0 aliphatic rings. The van der Waals surface area contributed by atoms with Crippen LogP contribution in [0.4, 0.5) is 0 Å². The van der Waals surface area contributed by atoms with Crippen molar-refractivity contribution in [2.45, 2.75) is 27.0 Å². The van der Waals surface area contributed by atoms with Crippen molar-refractivity contribution < 1.29 is 4.74 Å². The maximum atomic E-state index is 13.2. The molecule has 0 saturated heterocycles. The Morgan fingerprint density at radius 2 is 1.68 bits per heavy atom. The third-order valence-electron chi connectivity index (χ3n) is 6.70. The molecule has 0 amide bonds. The molecule has 0 unspecified atom stereocenters. The molecule has 2 aromatic carbocycles. The first kappa shape index (κ1) is 22.7. The normalized spacial score (nSPS) is 11.4. The fraction of sp³-hybridized carbons (Fsp3) is 0.172. The lowest BCUT2D eigenvalue weighted by Crippen LogP contribution is -2.22. The lowest BCUT2D eigenvalue weighted by atomic mass is 10.1. The van der Waals surface area contributed by atoms with Gasteiger partial charge >= 0.3 is 5.69 Å². The van der Waals surface area contributed by atoms with E-state index in [9.17, 15) is 4.79 Å². The minimum Gasteiger partial charge on any atom is -0.489 e. The number of hydrogen-bond donors (Lipinski definition) is 0. The molecule has 8 nitrogen and oxygen atoms in total. The number of aromatic nitrogens is 6. The average Bonchev–Trinajstić information content (AvgIpc) is 3.42. The van der Waals surface area contributed by atoms with E-state index in [4.69, 9.17) is 9.72 Å². The number of ether oxygens (including phenoxy) is 1. The van der Waals surface area contributed by atoms with Gasteiger partial charge in [0.05, 0.1) is 11.2 Å². The van der Waals surface area contributed by atoms with E-state index in [1.54, 1.807) is 21.5 Å². The topological polar surface area (TPSA) is 79.8 Å². The van der Waals surface area contributed by atoms with Crippen molar-refractivity contribution >= 4 is 22.3 Å². The van der Waals surface area contributed by atoms with Crippen LogP contribution in [-0.4, -0.2) is 28.7 Å². The molecule has 0 fully saturated rings. The summed E-state index contributed by atoms with van der Waals surface area (Å²) in [6.07, 6.45) is 3.51. The summed E-state index contributed by atoms with van der Waals surface area (Å²) in [6, 6.07) is 21.4. The molecule has 0 spiro atoms. The number of rotatable bonds is 6. The van der Waals surface area contributed by atoms with Crippen molar-refractivity contribution in [1.29, 1.82) is 0 Å². The molecular weight excluding hydrogens is 464 g/mol. The molecule has 0 saturated carbocycles. The number of nitrogens with zero attached hydrogens (tertiary/aromatic N) is 6. The SMILES string of the molecule is CCn1c(=O)n(-c2ccc(OCc3ccccc3-c3nc4cccnc4n3C)cc2)c2nccc(C)c21. The monoisotopic (exact) mass is 490 g/mol. The lowest BCUT2D eigenvalue weighted by Gasteiger charge is -2.12. The van der Waals surface area contributed by atoms with Crippen molar-refractivity contribution in [3.8, 4) is 22.8 Å². The predicted octanol–water partition coefficient (Wildman–Crippen LogP) is 5.04. The van der Waals surface area contributed by atoms with E-state index in [-0.39, 0.29) is 5.69 Å². The fourth-order valence-corrected chi connectivity index (χ4v) is 4.85. The largest absolute Gasteiger partial charge is 0.489 e. The van der Waals surface area contributed by atoms with Crippen LogP contribution in [-0.2, 0) is 20.2 Å². The molecule has 0 radical (unpaired) electrons. The molecule has 0 aliphatic carbocycles. The van der Waals surface area contributed by atoms with Gasteiger partial charge in [-0.15, -0.1) is 0 Å². The third-order valence-corrected chi connectivity index (χ3v) is 6.70. The van der Waals surface area contributed by atoms with Gasteiger partial charge in [0.2, 0.25) is 0 Å². The first-order valence-electron chi connectivity index (χ1n) is 12.2. The summed E-state index contributed by atoms with van der Waals surface area (Å²) in [5.74, 6) is 1.55. The van der Waals surface area contributed by atoms with Crippen molar-refractivity contribution in [1.82, 2.24) is 28.7 Å². The average molecular weight is 491 g/mol. The first-order chi connectivity index (χ1) is 18.1. The lowest BCUT2D eigenvalue weighted by molar-refractivity contribution is 0.306. The van der Waals surface area contributed by atoms with Crippen molar-refractivity contribution in [3.63, 3.8) is 0 Å². The van der Waals surface area contributed by atoms with Crippen LogP contribution in [0.2, 0.25) is 0 Å². The van der Waals surface area contributed by atoms with Gasteiger partial charge in [0.15, 0.2) is 11.3 Å². The molecule has 6 aromatic rings. The zero-order chi connectivity index (χ0) is 25.5. The maximum absolute atomic E-state index is 13.2.